The predicted octanol–water partition coefficient (Wildman–Crippen LogP) is 2.84. The molecule has 0 radical (unpaired) electrons. The Balaban J connectivity index is 2.09. The van der Waals surface area contributed by atoms with Crippen molar-refractivity contribution in [2.45, 2.75) is 13.0 Å². The van der Waals surface area contributed by atoms with Crippen LogP contribution in [0.4, 0.5) is 19.0 Å². The number of pyridine rings is 1. The number of benzene rings is 1. The minimum absolute atomic E-state index is 0.00565. The monoisotopic (exact) mass is 299 g/mol. The lowest BCUT2D eigenvalue weighted by molar-refractivity contribution is -0.275. The van der Waals surface area contributed by atoms with Crippen LogP contribution < -0.4 is 20.7 Å². The fourth-order valence-electron chi connectivity index (χ4n) is 1.58. The van der Waals surface area contributed by atoms with E-state index in [1.165, 1.54) is 24.4 Å². The van der Waals surface area contributed by atoms with Gasteiger partial charge in [0, 0.05) is 6.20 Å². The molecule has 0 bridgehead atoms. The molecule has 2 aromatic rings. The van der Waals surface area contributed by atoms with Gasteiger partial charge in [-0.05, 0) is 29.8 Å². The highest BCUT2D eigenvalue weighted by atomic mass is 19.4. The van der Waals surface area contributed by atoms with Crippen LogP contribution in [0.5, 0.6) is 11.5 Å². The van der Waals surface area contributed by atoms with Crippen molar-refractivity contribution in [3.63, 3.8) is 0 Å². The molecule has 2 rings (SSSR count). The number of nitrogens with zero attached hydrogens (tertiary/aromatic N) is 1. The van der Waals surface area contributed by atoms with Crippen LogP contribution in [0.25, 0.3) is 0 Å². The van der Waals surface area contributed by atoms with Crippen molar-refractivity contribution in [1.29, 1.82) is 0 Å². The maximum atomic E-state index is 12.3. The van der Waals surface area contributed by atoms with Gasteiger partial charge in [0.05, 0.1) is 0 Å². The van der Waals surface area contributed by atoms with E-state index in [-0.39, 0.29) is 12.4 Å². The summed E-state index contributed by atoms with van der Waals surface area (Å²) in [5.41, 5.74) is 3.06. The number of anilines is 1. The van der Waals surface area contributed by atoms with Crippen molar-refractivity contribution in [1.82, 2.24) is 4.98 Å². The van der Waals surface area contributed by atoms with E-state index in [4.69, 9.17) is 10.6 Å². The van der Waals surface area contributed by atoms with E-state index in [0.29, 0.717) is 11.4 Å². The largest absolute Gasteiger partial charge is 0.573 e. The molecule has 0 spiro atoms. The maximum Gasteiger partial charge on any atom is 0.573 e. The van der Waals surface area contributed by atoms with Crippen LogP contribution >= 0.6 is 0 Å². The quantitative estimate of drug-likeness (QED) is 0.656. The maximum absolute atomic E-state index is 12.3. The van der Waals surface area contributed by atoms with Gasteiger partial charge in [-0.1, -0.05) is 12.1 Å². The second-order valence-corrected chi connectivity index (χ2v) is 3.98. The molecule has 21 heavy (non-hydrogen) atoms. The molecule has 0 aliphatic heterocycles. The lowest BCUT2D eigenvalue weighted by atomic mass is 10.2. The summed E-state index contributed by atoms with van der Waals surface area (Å²) in [7, 11) is 0. The van der Waals surface area contributed by atoms with Gasteiger partial charge in [0.1, 0.15) is 12.4 Å². The number of hydrogen-bond donors (Lipinski definition) is 2. The van der Waals surface area contributed by atoms with Gasteiger partial charge in [-0.2, -0.15) is 0 Å². The first-order valence-corrected chi connectivity index (χ1v) is 5.87. The van der Waals surface area contributed by atoms with Crippen LogP contribution in [0.3, 0.4) is 0 Å². The smallest absolute Gasteiger partial charge is 0.485 e. The molecule has 0 amide bonds. The van der Waals surface area contributed by atoms with Gasteiger partial charge in [0.25, 0.3) is 0 Å². The number of halogens is 3. The Kier molecular flexibility index (Phi) is 4.49. The Bertz CT molecular complexity index is 605. The van der Waals surface area contributed by atoms with Crippen molar-refractivity contribution in [3.05, 3.63) is 48.2 Å². The first-order valence-electron chi connectivity index (χ1n) is 5.87. The number of nitrogen functional groups attached to an aromatic ring is 1. The Morgan fingerprint density at radius 1 is 1.14 bits per heavy atom. The molecular weight excluding hydrogens is 287 g/mol. The SMILES string of the molecule is NNc1cc(COc2ccccc2OC(F)(F)F)ccn1. The third-order valence-electron chi connectivity index (χ3n) is 2.44. The van der Waals surface area contributed by atoms with Gasteiger partial charge in [-0.25, -0.2) is 10.8 Å². The lowest BCUT2D eigenvalue weighted by Gasteiger charge is -2.14. The minimum atomic E-state index is -4.77. The Labute approximate surface area is 118 Å². The topological polar surface area (TPSA) is 69.4 Å². The Morgan fingerprint density at radius 2 is 1.86 bits per heavy atom. The molecule has 3 N–H and O–H groups in total. The summed E-state index contributed by atoms with van der Waals surface area (Å²) in [6.45, 7) is 0.0510. The average Bonchev–Trinajstić information content (AvgIpc) is 2.45. The standard InChI is InChI=1S/C13H12F3N3O2/c14-13(15,16)21-11-4-2-1-3-10(11)20-8-9-5-6-18-12(7-9)19-17/h1-7H,8,17H2,(H,18,19). The number of nitrogens with one attached hydrogen (secondary N) is 1. The van der Waals surface area contributed by atoms with Crippen molar-refractivity contribution in [2.24, 2.45) is 5.84 Å². The van der Waals surface area contributed by atoms with Crippen molar-refractivity contribution < 1.29 is 22.6 Å². The predicted molar refractivity (Wildman–Crippen MR) is 69.5 cm³/mol. The number of hydrogen-bond acceptors (Lipinski definition) is 5. The van der Waals surface area contributed by atoms with E-state index in [0.717, 1.165) is 0 Å². The number of hydrazine groups is 1. The molecule has 112 valence electrons. The highest BCUT2D eigenvalue weighted by molar-refractivity contribution is 5.40. The summed E-state index contributed by atoms with van der Waals surface area (Å²) >= 11 is 0. The molecule has 1 aromatic carbocycles. The third-order valence-corrected chi connectivity index (χ3v) is 2.44. The highest BCUT2D eigenvalue weighted by Crippen LogP contribution is 2.32. The zero-order chi connectivity index (χ0) is 15.3. The summed E-state index contributed by atoms with van der Waals surface area (Å²) in [5, 5.41) is 0. The normalized spacial score (nSPS) is 11.0. The summed E-state index contributed by atoms with van der Waals surface area (Å²) in [5.74, 6) is 5.25. The van der Waals surface area contributed by atoms with E-state index < -0.39 is 12.1 Å². The van der Waals surface area contributed by atoms with Crippen LogP contribution in [0.2, 0.25) is 0 Å². The van der Waals surface area contributed by atoms with E-state index in [1.807, 2.05) is 0 Å². The second kappa shape index (κ2) is 6.31. The number of rotatable bonds is 5. The van der Waals surface area contributed by atoms with E-state index in [1.54, 1.807) is 18.2 Å². The van der Waals surface area contributed by atoms with Gasteiger partial charge in [0.15, 0.2) is 11.5 Å². The molecular formula is C13H12F3N3O2. The third kappa shape index (κ3) is 4.53. The summed E-state index contributed by atoms with van der Waals surface area (Å²) in [4.78, 5) is 3.91. The number of aromatic nitrogens is 1. The first-order chi connectivity index (χ1) is 9.98. The molecule has 0 aliphatic carbocycles. The molecule has 1 aromatic heterocycles. The molecule has 0 aliphatic rings. The zero-order valence-corrected chi connectivity index (χ0v) is 10.7. The molecule has 0 saturated carbocycles. The van der Waals surface area contributed by atoms with E-state index >= 15 is 0 Å². The first kappa shape index (κ1) is 14.9. The molecule has 5 nitrogen and oxygen atoms in total. The Morgan fingerprint density at radius 3 is 2.52 bits per heavy atom. The van der Waals surface area contributed by atoms with Crippen LogP contribution in [0, 0.1) is 0 Å². The van der Waals surface area contributed by atoms with Crippen LogP contribution in [0.1, 0.15) is 5.56 Å². The van der Waals surface area contributed by atoms with Crippen LogP contribution in [-0.2, 0) is 6.61 Å². The summed E-state index contributed by atoms with van der Waals surface area (Å²) in [6.07, 6.45) is -3.27. The molecule has 8 heteroatoms. The molecule has 0 fully saturated rings. The zero-order valence-electron chi connectivity index (χ0n) is 10.7. The molecule has 1 heterocycles. The molecule has 0 unspecified atom stereocenters. The number of alkyl halides is 3. The van der Waals surface area contributed by atoms with Gasteiger partial charge < -0.3 is 14.9 Å². The fraction of sp³-hybridized carbons (Fsp3) is 0.154. The molecule has 0 saturated heterocycles. The van der Waals surface area contributed by atoms with Gasteiger partial charge in [-0.3, -0.25) is 0 Å². The highest BCUT2D eigenvalue weighted by Gasteiger charge is 2.32. The molecule has 0 atom stereocenters. The van der Waals surface area contributed by atoms with Crippen LogP contribution in [0.15, 0.2) is 42.6 Å². The van der Waals surface area contributed by atoms with Crippen LogP contribution in [-0.4, -0.2) is 11.3 Å². The van der Waals surface area contributed by atoms with E-state index in [2.05, 4.69) is 15.1 Å². The Hall–Kier alpha value is -2.48. The van der Waals surface area contributed by atoms with Crippen molar-refractivity contribution in [3.8, 4) is 11.5 Å². The summed E-state index contributed by atoms with van der Waals surface area (Å²) in [6, 6.07) is 8.84. The second-order valence-electron chi connectivity index (χ2n) is 3.98. The fourth-order valence-corrected chi connectivity index (χ4v) is 1.58. The van der Waals surface area contributed by atoms with Crippen molar-refractivity contribution >= 4 is 5.82 Å². The lowest BCUT2D eigenvalue weighted by Crippen LogP contribution is -2.17. The average molecular weight is 299 g/mol. The van der Waals surface area contributed by atoms with Gasteiger partial charge >= 0.3 is 6.36 Å². The summed E-state index contributed by atoms with van der Waals surface area (Å²) < 4.78 is 46.1. The van der Waals surface area contributed by atoms with Crippen molar-refractivity contribution in [2.75, 3.05) is 5.43 Å². The number of para-hydroxylation sites is 2. The number of nitrogens with two attached hydrogens (primary N) is 1. The van der Waals surface area contributed by atoms with Gasteiger partial charge in [-0.15, -0.1) is 13.2 Å². The minimum Gasteiger partial charge on any atom is -0.485 e. The van der Waals surface area contributed by atoms with Gasteiger partial charge in [0.2, 0.25) is 0 Å². The van der Waals surface area contributed by atoms with E-state index in [9.17, 15) is 13.2 Å². The number of ether oxygens (including phenoxy) is 2.